The standard InChI is InChI=1S/C13H22N4S/c1-3-12-9-17(4-5-18-12)13-15-7-11(8-16-13)6-10(2)14/h7-8,10,12H,3-6,9,14H2,1-2H3. The average Bonchev–Trinajstić information content (AvgIpc) is 2.39. The Balaban J connectivity index is 2.00. The third kappa shape index (κ3) is 3.59. The average molecular weight is 266 g/mol. The Morgan fingerprint density at radius 1 is 1.50 bits per heavy atom. The van der Waals surface area contributed by atoms with Gasteiger partial charge in [-0.15, -0.1) is 0 Å². The number of anilines is 1. The van der Waals surface area contributed by atoms with Crippen molar-refractivity contribution in [3.8, 4) is 0 Å². The van der Waals surface area contributed by atoms with Crippen LogP contribution in [0.2, 0.25) is 0 Å². The summed E-state index contributed by atoms with van der Waals surface area (Å²) in [4.78, 5) is 11.2. The van der Waals surface area contributed by atoms with Gasteiger partial charge in [0.05, 0.1) is 0 Å². The second-order valence-corrected chi connectivity index (χ2v) is 6.33. The Labute approximate surface area is 113 Å². The zero-order valence-electron chi connectivity index (χ0n) is 11.2. The number of nitrogens with zero attached hydrogens (tertiary/aromatic N) is 3. The number of hydrogen-bond acceptors (Lipinski definition) is 5. The normalized spacial score (nSPS) is 21.9. The quantitative estimate of drug-likeness (QED) is 0.899. The molecule has 0 saturated carbocycles. The van der Waals surface area contributed by atoms with E-state index in [1.807, 2.05) is 19.3 Å². The highest BCUT2D eigenvalue weighted by Gasteiger charge is 2.20. The van der Waals surface area contributed by atoms with Gasteiger partial charge in [-0.3, -0.25) is 0 Å². The minimum atomic E-state index is 0.162. The first-order chi connectivity index (χ1) is 8.69. The number of aromatic nitrogens is 2. The summed E-state index contributed by atoms with van der Waals surface area (Å²) in [7, 11) is 0. The van der Waals surface area contributed by atoms with Crippen molar-refractivity contribution in [1.29, 1.82) is 0 Å². The van der Waals surface area contributed by atoms with Gasteiger partial charge in [0.25, 0.3) is 0 Å². The van der Waals surface area contributed by atoms with Crippen LogP contribution in [0.3, 0.4) is 0 Å². The van der Waals surface area contributed by atoms with E-state index in [0.29, 0.717) is 5.25 Å². The summed E-state index contributed by atoms with van der Waals surface area (Å²) >= 11 is 2.06. The van der Waals surface area contributed by atoms with Gasteiger partial charge in [-0.05, 0) is 25.3 Å². The maximum absolute atomic E-state index is 5.77. The third-order valence-corrected chi connectivity index (χ3v) is 4.50. The highest BCUT2D eigenvalue weighted by molar-refractivity contribution is 8.00. The number of nitrogens with two attached hydrogens (primary N) is 1. The fourth-order valence-corrected chi connectivity index (χ4v) is 3.32. The Bertz CT molecular complexity index is 366. The van der Waals surface area contributed by atoms with E-state index in [0.717, 1.165) is 31.0 Å². The van der Waals surface area contributed by atoms with E-state index < -0.39 is 0 Å². The van der Waals surface area contributed by atoms with Gasteiger partial charge >= 0.3 is 0 Å². The first kappa shape index (κ1) is 13.6. The van der Waals surface area contributed by atoms with Crippen LogP contribution >= 0.6 is 11.8 Å². The van der Waals surface area contributed by atoms with Crippen molar-refractivity contribution in [2.24, 2.45) is 5.73 Å². The van der Waals surface area contributed by atoms with Crippen LogP contribution in [0.4, 0.5) is 5.95 Å². The fraction of sp³-hybridized carbons (Fsp3) is 0.692. The van der Waals surface area contributed by atoms with Crippen LogP contribution in [-0.4, -0.2) is 40.1 Å². The summed E-state index contributed by atoms with van der Waals surface area (Å²) in [5.41, 5.74) is 6.89. The Morgan fingerprint density at radius 2 is 2.22 bits per heavy atom. The van der Waals surface area contributed by atoms with E-state index in [1.165, 1.54) is 12.2 Å². The van der Waals surface area contributed by atoms with Gasteiger partial charge in [0.15, 0.2) is 0 Å². The molecule has 5 heteroatoms. The van der Waals surface area contributed by atoms with E-state index in [1.54, 1.807) is 0 Å². The van der Waals surface area contributed by atoms with Crippen LogP contribution in [0.25, 0.3) is 0 Å². The third-order valence-electron chi connectivity index (χ3n) is 3.13. The van der Waals surface area contributed by atoms with Crippen molar-refractivity contribution >= 4 is 17.7 Å². The van der Waals surface area contributed by atoms with Gasteiger partial charge in [0, 0.05) is 42.5 Å². The molecule has 4 nitrogen and oxygen atoms in total. The molecule has 1 aliphatic rings. The summed E-state index contributed by atoms with van der Waals surface area (Å²) in [5.74, 6) is 2.03. The molecule has 0 amide bonds. The predicted molar refractivity (Wildman–Crippen MR) is 78.1 cm³/mol. The zero-order valence-corrected chi connectivity index (χ0v) is 12.0. The van der Waals surface area contributed by atoms with Crippen LogP contribution in [0.1, 0.15) is 25.8 Å². The molecule has 1 aliphatic heterocycles. The first-order valence-electron chi connectivity index (χ1n) is 6.62. The van der Waals surface area contributed by atoms with Crippen LogP contribution < -0.4 is 10.6 Å². The van der Waals surface area contributed by atoms with E-state index in [9.17, 15) is 0 Å². The fourth-order valence-electron chi connectivity index (χ4n) is 2.14. The van der Waals surface area contributed by atoms with Crippen LogP contribution in [0.5, 0.6) is 0 Å². The topological polar surface area (TPSA) is 55.0 Å². The van der Waals surface area contributed by atoms with Crippen molar-refractivity contribution in [3.05, 3.63) is 18.0 Å². The molecule has 2 N–H and O–H groups in total. The van der Waals surface area contributed by atoms with E-state index in [-0.39, 0.29) is 6.04 Å². The van der Waals surface area contributed by atoms with Gasteiger partial charge < -0.3 is 10.6 Å². The molecule has 1 saturated heterocycles. The summed E-state index contributed by atoms with van der Waals surface area (Å²) in [5, 5.41) is 0.714. The largest absolute Gasteiger partial charge is 0.339 e. The lowest BCUT2D eigenvalue weighted by Crippen LogP contribution is -2.38. The number of hydrogen-bond donors (Lipinski definition) is 1. The zero-order chi connectivity index (χ0) is 13.0. The molecule has 0 radical (unpaired) electrons. The van der Waals surface area contributed by atoms with Gasteiger partial charge in [-0.25, -0.2) is 9.97 Å². The minimum absolute atomic E-state index is 0.162. The number of rotatable bonds is 4. The lowest BCUT2D eigenvalue weighted by Gasteiger charge is -2.31. The molecular weight excluding hydrogens is 244 g/mol. The molecule has 2 atom stereocenters. The molecule has 2 rings (SSSR count). The highest BCUT2D eigenvalue weighted by Crippen LogP contribution is 2.23. The van der Waals surface area contributed by atoms with Gasteiger partial charge in [-0.2, -0.15) is 11.8 Å². The number of thioether (sulfide) groups is 1. The molecule has 1 aromatic rings. The van der Waals surface area contributed by atoms with Crippen molar-refractivity contribution in [2.75, 3.05) is 23.7 Å². The molecule has 0 spiro atoms. The monoisotopic (exact) mass is 266 g/mol. The summed E-state index contributed by atoms with van der Waals surface area (Å²) < 4.78 is 0. The van der Waals surface area contributed by atoms with Crippen molar-refractivity contribution in [1.82, 2.24) is 9.97 Å². The summed E-state index contributed by atoms with van der Waals surface area (Å²) in [6.45, 7) is 6.36. The maximum atomic E-state index is 5.77. The van der Waals surface area contributed by atoms with Crippen molar-refractivity contribution in [2.45, 2.75) is 38.0 Å². The molecule has 0 bridgehead atoms. The van der Waals surface area contributed by atoms with Gasteiger partial charge in [-0.1, -0.05) is 6.92 Å². The first-order valence-corrected chi connectivity index (χ1v) is 7.67. The molecule has 100 valence electrons. The second kappa shape index (κ2) is 6.38. The SMILES string of the molecule is CCC1CN(c2ncc(CC(C)N)cn2)CCS1. The van der Waals surface area contributed by atoms with E-state index in [4.69, 9.17) is 5.73 Å². The molecule has 0 aromatic carbocycles. The smallest absolute Gasteiger partial charge is 0.225 e. The summed E-state index contributed by atoms with van der Waals surface area (Å²) in [6.07, 6.45) is 5.88. The van der Waals surface area contributed by atoms with Crippen molar-refractivity contribution in [3.63, 3.8) is 0 Å². The molecule has 0 aliphatic carbocycles. The lowest BCUT2D eigenvalue weighted by molar-refractivity contribution is 0.702. The predicted octanol–water partition coefficient (Wildman–Crippen LogP) is 1.70. The Kier molecular flexibility index (Phi) is 4.83. The molecule has 18 heavy (non-hydrogen) atoms. The second-order valence-electron chi connectivity index (χ2n) is 4.92. The molecule has 2 heterocycles. The van der Waals surface area contributed by atoms with Gasteiger partial charge in [0.1, 0.15) is 0 Å². The maximum Gasteiger partial charge on any atom is 0.225 e. The highest BCUT2D eigenvalue weighted by atomic mass is 32.2. The minimum Gasteiger partial charge on any atom is -0.339 e. The van der Waals surface area contributed by atoms with Crippen molar-refractivity contribution < 1.29 is 0 Å². The van der Waals surface area contributed by atoms with E-state index >= 15 is 0 Å². The Morgan fingerprint density at radius 3 is 2.83 bits per heavy atom. The van der Waals surface area contributed by atoms with Crippen LogP contribution in [0, 0.1) is 0 Å². The molecule has 1 fully saturated rings. The molecule has 2 unspecified atom stereocenters. The van der Waals surface area contributed by atoms with Gasteiger partial charge in [0.2, 0.25) is 5.95 Å². The Hall–Kier alpha value is -0.810. The molecule has 1 aromatic heterocycles. The molecular formula is C13H22N4S. The van der Waals surface area contributed by atoms with E-state index in [2.05, 4.69) is 33.6 Å². The summed E-state index contributed by atoms with van der Waals surface area (Å²) in [6, 6.07) is 0.162. The lowest BCUT2D eigenvalue weighted by atomic mass is 10.1. The van der Waals surface area contributed by atoms with Crippen LogP contribution in [-0.2, 0) is 6.42 Å². The van der Waals surface area contributed by atoms with Crippen LogP contribution in [0.15, 0.2) is 12.4 Å².